The van der Waals surface area contributed by atoms with E-state index in [2.05, 4.69) is 32.3 Å². The molecule has 0 aromatic carbocycles. The molecule has 0 amide bonds. The molecular weight excluding hydrogens is 297 g/mol. The highest BCUT2D eigenvalue weighted by Crippen LogP contribution is 2.17. The first-order valence-electron chi connectivity index (χ1n) is 6.95. The predicted octanol–water partition coefficient (Wildman–Crippen LogP) is 2.49. The molecule has 1 rings (SSSR count). The van der Waals surface area contributed by atoms with E-state index in [1.807, 2.05) is 6.92 Å². The first-order valence-corrected chi connectivity index (χ1v) is 6.95. The van der Waals surface area contributed by atoms with Gasteiger partial charge in [-0.2, -0.15) is 13.2 Å². The van der Waals surface area contributed by atoms with E-state index in [1.54, 1.807) is 13.1 Å². The summed E-state index contributed by atoms with van der Waals surface area (Å²) in [5.41, 5.74) is 0.749. The number of rotatable bonds is 6. The topological polar surface area (TPSA) is 58.5 Å². The molecule has 1 aromatic rings. The number of hydrogen-bond donors (Lipinski definition) is 2. The summed E-state index contributed by atoms with van der Waals surface area (Å²) in [7, 11) is 1.65. The van der Waals surface area contributed by atoms with Gasteiger partial charge in [-0.3, -0.25) is 4.99 Å². The SMILES string of the molecule is CCC(C)NC(=NC)NCc1ccnc(OCC(F)(F)F)c1. The average molecular weight is 318 g/mol. The number of halogens is 3. The highest BCUT2D eigenvalue weighted by molar-refractivity contribution is 5.79. The van der Waals surface area contributed by atoms with Crippen molar-refractivity contribution >= 4 is 5.96 Å². The standard InChI is InChI=1S/C14H21F3N4O/c1-4-10(2)21-13(18-3)20-8-11-5-6-19-12(7-11)22-9-14(15,16)17/h5-7,10H,4,8-9H2,1-3H3,(H2,18,20,21). The van der Waals surface area contributed by atoms with Crippen LogP contribution in [0.3, 0.4) is 0 Å². The summed E-state index contributed by atoms with van der Waals surface area (Å²) in [4.78, 5) is 7.84. The van der Waals surface area contributed by atoms with E-state index in [4.69, 9.17) is 0 Å². The molecule has 2 N–H and O–H groups in total. The minimum absolute atomic E-state index is 0.0542. The van der Waals surface area contributed by atoms with Gasteiger partial charge in [0.2, 0.25) is 5.88 Å². The number of aromatic nitrogens is 1. The van der Waals surface area contributed by atoms with Gasteiger partial charge in [-0.25, -0.2) is 4.98 Å². The molecule has 1 aromatic heterocycles. The van der Waals surface area contributed by atoms with Gasteiger partial charge in [-0.15, -0.1) is 0 Å². The molecule has 0 radical (unpaired) electrons. The normalized spacial score (nSPS) is 13.6. The van der Waals surface area contributed by atoms with Gasteiger partial charge in [0, 0.05) is 31.9 Å². The number of nitrogens with one attached hydrogen (secondary N) is 2. The van der Waals surface area contributed by atoms with Crippen LogP contribution in [0.25, 0.3) is 0 Å². The molecule has 5 nitrogen and oxygen atoms in total. The monoisotopic (exact) mass is 318 g/mol. The Kier molecular flexibility index (Phi) is 6.94. The molecule has 0 spiro atoms. The van der Waals surface area contributed by atoms with Crippen molar-refractivity contribution in [2.24, 2.45) is 4.99 Å². The van der Waals surface area contributed by atoms with Crippen LogP contribution in [0, 0.1) is 0 Å². The minimum Gasteiger partial charge on any atom is -0.468 e. The maximum atomic E-state index is 12.1. The second-order valence-electron chi connectivity index (χ2n) is 4.79. The highest BCUT2D eigenvalue weighted by Gasteiger charge is 2.28. The van der Waals surface area contributed by atoms with Crippen molar-refractivity contribution in [3.8, 4) is 5.88 Å². The van der Waals surface area contributed by atoms with Crippen LogP contribution in [-0.4, -0.2) is 36.8 Å². The fourth-order valence-corrected chi connectivity index (χ4v) is 1.51. The van der Waals surface area contributed by atoms with Crippen LogP contribution in [0.15, 0.2) is 23.3 Å². The number of aliphatic imine (C=N–C) groups is 1. The summed E-state index contributed by atoms with van der Waals surface area (Å²) in [6.07, 6.45) is -2.02. The summed E-state index contributed by atoms with van der Waals surface area (Å²) in [5, 5.41) is 6.27. The summed E-state index contributed by atoms with van der Waals surface area (Å²) >= 11 is 0. The molecule has 8 heteroatoms. The first kappa shape index (κ1) is 18.1. The van der Waals surface area contributed by atoms with Crippen LogP contribution in [0.4, 0.5) is 13.2 Å². The molecule has 1 atom stereocenters. The Bertz CT molecular complexity index is 491. The maximum absolute atomic E-state index is 12.1. The fraction of sp³-hybridized carbons (Fsp3) is 0.571. The largest absolute Gasteiger partial charge is 0.468 e. The summed E-state index contributed by atoms with van der Waals surface area (Å²) in [6.45, 7) is 3.13. The van der Waals surface area contributed by atoms with E-state index >= 15 is 0 Å². The predicted molar refractivity (Wildman–Crippen MR) is 78.9 cm³/mol. The van der Waals surface area contributed by atoms with Crippen molar-refractivity contribution in [2.45, 2.75) is 39.0 Å². The zero-order valence-electron chi connectivity index (χ0n) is 12.9. The summed E-state index contributed by atoms with van der Waals surface area (Å²) in [5.74, 6) is 0.574. The Morgan fingerprint density at radius 2 is 2.18 bits per heavy atom. The molecule has 0 fully saturated rings. The van der Waals surface area contributed by atoms with Gasteiger partial charge in [0.05, 0.1) is 0 Å². The third kappa shape index (κ3) is 7.14. The third-order valence-electron chi connectivity index (χ3n) is 2.86. The number of ether oxygens (including phenoxy) is 1. The van der Waals surface area contributed by atoms with E-state index in [9.17, 15) is 13.2 Å². The molecule has 0 aliphatic heterocycles. The summed E-state index contributed by atoms with van der Waals surface area (Å²) in [6, 6.07) is 3.44. The second-order valence-corrected chi connectivity index (χ2v) is 4.79. The average Bonchev–Trinajstić information content (AvgIpc) is 2.48. The lowest BCUT2D eigenvalue weighted by molar-refractivity contribution is -0.154. The molecule has 1 unspecified atom stereocenters. The van der Waals surface area contributed by atoms with Crippen LogP contribution in [0.2, 0.25) is 0 Å². The van der Waals surface area contributed by atoms with E-state index in [0.717, 1.165) is 12.0 Å². The van der Waals surface area contributed by atoms with Crippen LogP contribution in [-0.2, 0) is 6.54 Å². The molecule has 0 aliphatic rings. The molecule has 0 saturated carbocycles. The van der Waals surface area contributed by atoms with Crippen LogP contribution in [0.5, 0.6) is 5.88 Å². The van der Waals surface area contributed by atoms with Gasteiger partial charge in [-0.05, 0) is 25.0 Å². The number of hydrogen-bond acceptors (Lipinski definition) is 3. The van der Waals surface area contributed by atoms with Gasteiger partial charge in [0.1, 0.15) is 0 Å². The Labute approximate surface area is 128 Å². The minimum atomic E-state index is -4.38. The Hall–Kier alpha value is -1.99. The van der Waals surface area contributed by atoms with Crippen molar-refractivity contribution in [1.82, 2.24) is 15.6 Å². The van der Waals surface area contributed by atoms with E-state index in [0.29, 0.717) is 12.5 Å². The smallest absolute Gasteiger partial charge is 0.422 e. The molecule has 0 saturated heterocycles. The number of nitrogens with zero attached hydrogens (tertiary/aromatic N) is 2. The highest BCUT2D eigenvalue weighted by atomic mass is 19.4. The van der Waals surface area contributed by atoms with Crippen molar-refractivity contribution in [3.63, 3.8) is 0 Å². The Balaban J connectivity index is 2.55. The lowest BCUT2D eigenvalue weighted by Gasteiger charge is -2.16. The van der Waals surface area contributed by atoms with Crippen molar-refractivity contribution in [3.05, 3.63) is 23.9 Å². The quantitative estimate of drug-likeness (QED) is 0.625. The van der Waals surface area contributed by atoms with Crippen LogP contribution in [0.1, 0.15) is 25.8 Å². The molecule has 124 valence electrons. The Morgan fingerprint density at radius 3 is 2.77 bits per heavy atom. The van der Waals surface area contributed by atoms with Crippen molar-refractivity contribution in [2.75, 3.05) is 13.7 Å². The van der Waals surface area contributed by atoms with Gasteiger partial charge in [0.15, 0.2) is 12.6 Å². The van der Waals surface area contributed by atoms with Crippen LogP contribution >= 0.6 is 0 Å². The van der Waals surface area contributed by atoms with Gasteiger partial charge in [0.25, 0.3) is 0 Å². The third-order valence-corrected chi connectivity index (χ3v) is 2.86. The maximum Gasteiger partial charge on any atom is 0.422 e. The van der Waals surface area contributed by atoms with Gasteiger partial charge < -0.3 is 15.4 Å². The molecule has 0 bridgehead atoms. The first-order chi connectivity index (χ1) is 10.3. The van der Waals surface area contributed by atoms with E-state index in [-0.39, 0.29) is 11.9 Å². The van der Waals surface area contributed by atoms with Crippen molar-refractivity contribution in [1.29, 1.82) is 0 Å². The fourth-order valence-electron chi connectivity index (χ4n) is 1.51. The number of pyridine rings is 1. The van der Waals surface area contributed by atoms with E-state index < -0.39 is 12.8 Å². The summed E-state index contributed by atoms with van der Waals surface area (Å²) < 4.78 is 40.9. The number of guanidine groups is 1. The van der Waals surface area contributed by atoms with Crippen molar-refractivity contribution < 1.29 is 17.9 Å². The molecule has 0 aliphatic carbocycles. The Morgan fingerprint density at radius 1 is 1.45 bits per heavy atom. The number of alkyl halides is 3. The van der Waals surface area contributed by atoms with Gasteiger partial charge in [-0.1, -0.05) is 6.92 Å². The lowest BCUT2D eigenvalue weighted by atomic mass is 10.2. The van der Waals surface area contributed by atoms with Crippen LogP contribution < -0.4 is 15.4 Å². The zero-order chi connectivity index (χ0) is 16.6. The van der Waals surface area contributed by atoms with Gasteiger partial charge >= 0.3 is 6.18 Å². The molecular formula is C14H21F3N4O. The lowest BCUT2D eigenvalue weighted by Crippen LogP contribution is -2.41. The molecule has 22 heavy (non-hydrogen) atoms. The second kappa shape index (κ2) is 8.45. The zero-order valence-corrected chi connectivity index (χ0v) is 12.9. The molecule has 1 heterocycles. The van der Waals surface area contributed by atoms with E-state index in [1.165, 1.54) is 12.3 Å².